The molecule has 4 heteroatoms. The average Bonchev–Trinajstić information content (AvgIpc) is 2.14. The zero-order valence-electron chi connectivity index (χ0n) is 11.0. The van der Waals surface area contributed by atoms with E-state index in [1.807, 2.05) is 13.8 Å². The molecular formula is C13H20O3S. The van der Waals surface area contributed by atoms with Gasteiger partial charge in [-0.1, -0.05) is 26.0 Å². The van der Waals surface area contributed by atoms with E-state index in [0.717, 1.165) is 11.8 Å². The zero-order valence-corrected chi connectivity index (χ0v) is 11.8. The third-order valence-electron chi connectivity index (χ3n) is 2.73. The fourth-order valence-electron chi connectivity index (χ4n) is 1.71. The normalized spacial score (nSPS) is 13.1. The van der Waals surface area contributed by atoms with Gasteiger partial charge in [0, 0.05) is 11.8 Å². The van der Waals surface area contributed by atoms with Gasteiger partial charge in [-0.2, -0.15) is 0 Å². The summed E-state index contributed by atoms with van der Waals surface area (Å²) in [6.07, 6.45) is 1.16. The van der Waals surface area contributed by atoms with Crippen LogP contribution < -0.4 is 0 Å². The van der Waals surface area contributed by atoms with Gasteiger partial charge in [0.25, 0.3) is 0 Å². The summed E-state index contributed by atoms with van der Waals surface area (Å²) in [4.78, 5) is 0.203. The molecule has 0 aliphatic carbocycles. The summed E-state index contributed by atoms with van der Waals surface area (Å²) in [6.45, 7) is 7.26. The van der Waals surface area contributed by atoms with Crippen molar-refractivity contribution in [2.75, 3.05) is 6.26 Å². The first-order chi connectivity index (χ1) is 7.53. The van der Waals surface area contributed by atoms with Crippen LogP contribution in [0.3, 0.4) is 0 Å². The molecule has 1 rings (SSSR count). The summed E-state index contributed by atoms with van der Waals surface area (Å²) < 4.78 is 23.3. The van der Waals surface area contributed by atoms with Crippen LogP contribution in [0.2, 0.25) is 0 Å². The van der Waals surface area contributed by atoms with Gasteiger partial charge in [-0.15, -0.1) is 0 Å². The smallest absolute Gasteiger partial charge is 0.175 e. The molecule has 1 aromatic carbocycles. The molecule has 0 atom stereocenters. The van der Waals surface area contributed by atoms with E-state index in [4.69, 9.17) is 0 Å². The van der Waals surface area contributed by atoms with E-state index < -0.39 is 15.4 Å². The Hall–Kier alpha value is -0.870. The first-order valence-electron chi connectivity index (χ1n) is 5.60. The summed E-state index contributed by atoms with van der Waals surface area (Å²) in [5.74, 6) is 0.296. The minimum absolute atomic E-state index is 0.203. The second kappa shape index (κ2) is 4.42. The van der Waals surface area contributed by atoms with E-state index in [9.17, 15) is 13.5 Å². The maximum atomic E-state index is 11.7. The Kier molecular flexibility index (Phi) is 3.69. The van der Waals surface area contributed by atoms with Gasteiger partial charge in [-0.3, -0.25) is 0 Å². The van der Waals surface area contributed by atoms with Crippen LogP contribution in [-0.2, 0) is 15.4 Å². The molecule has 0 aliphatic heterocycles. The Labute approximate surface area is 103 Å². The molecule has 3 nitrogen and oxygen atoms in total. The Balaban J connectivity index is 3.55. The molecule has 96 valence electrons. The van der Waals surface area contributed by atoms with E-state index in [2.05, 4.69) is 0 Å². The summed E-state index contributed by atoms with van der Waals surface area (Å²) in [5.41, 5.74) is 0.323. The van der Waals surface area contributed by atoms with Gasteiger partial charge in [0.2, 0.25) is 0 Å². The Morgan fingerprint density at radius 3 is 2.12 bits per heavy atom. The highest BCUT2D eigenvalue weighted by atomic mass is 32.2. The summed E-state index contributed by atoms with van der Waals surface area (Å²) >= 11 is 0. The average molecular weight is 256 g/mol. The largest absolute Gasteiger partial charge is 0.386 e. The van der Waals surface area contributed by atoms with Crippen molar-refractivity contribution in [1.82, 2.24) is 0 Å². The molecule has 17 heavy (non-hydrogen) atoms. The predicted molar refractivity (Wildman–Crippen MR) is 68.9 cm³/mol. The van der Waals surface area contributed by atoms with Crippen molar-refractivity contribution >= 4 is 9.84 Å². The van der Waals surface area contributed by atoms with Crippen LogP contribution in [0.5, 0.6) is 0 Å². The molecule has 0 amide bonds. The molecule has 0 saturated heterocycles. The topological polar surface area (TPSA) is 54.4 Å². The Morgan fingerprint density at radius 2 is 1.76 bits per heavy atom. The summed E-state index contributed by atoms with van der Waals surface area (Å²) in [7, 11) is -3.32. The van der Waals surface area contributed by atoms with Gasteiger partial charge in [0.05, 0.1) is 10.5 Å². The fourth-order valence-corrected chi connectivity index (χ4v) is 2.73. The standard InChI is InChI=1S/C13H20O3S/c1-9(2)10-6-7-12(17(5,15)16)11(8-10)13(3,4)14/h6-9,14H,1-5H3. The summed E-state index contributed by atoms with van der Waals surface area (Å²) in [5, 5.41) is 10.1. The van der Waals surface area contributed by atoms with Gasteiger partial charge in [0.15, 0.2) is 9.84 Å². The first-order valence-corrected chi connectivity index (χ1v) is 7.49. The molecule has 0 heterocycles. The lowest BCUT2D eigenvalue weighted by molar-refractivity contribution is 0.0754. The second-order valence-corrected chi connectivity index (χ2v) is 7.23. The second-order valence-electron chi connectivity index (χ2n) is 5.24. The van der Waals surface area contributed by atoms with Crippen molar-refractivity contribution < 1.29 is 13.5 Å². The quantitative estimate of drug-likeness (QED) is 0.903. The van der Waals surface area contributed by atoms with E-state index in [1.165, 1.54) is 0 Å². The maximum absolute atomic E-state index is 11.7. The van der Waals surface area contributed by atoms with E-state index in [0.29, 0.717) is 11.5 Å². The number of aliphatic hydroxyl groups is 1. The van der Waals surface area contributed by atoms with Crippen molar-refractivity contribution in [2.45, 2.75) is 44.1 Å². The van der Waals surface area contributed by atoms with Gasteiger partial charge in [-0.25, -0.2) is 8.42 Å². The molecule has 0 bridgehead atoms. The fraction of sp³-hybridized carbons (Fsp3) is 0.538. The molecule has 0 aliphatic rings. The molecule has 0 saturated carbocycles. The van der Waals surface area contributed by atoms with Gasteiger partial charge in [-0.05, 0) is 31.4 Å². The molecule has 1 aromatic rings. The predicted octanol–water partition coefficient (Wildman–Crippen LogP) is 2.44. The Bertz CT molecular complexity index is 508. The monoisotopic (exact) mass is 256 g/mol. The lowest BCUT2D eigenvalue weighted by Gasteiger charge is -2.22. The summed E-state index contributed by atoms with van der Waals surface area (Å²) in [6, 6.07) is 5.16. The lowest BCUT2D eigenvalue weighted by Crippen LogP contribution is -2.20. The van der Waals surface area contributed by atoms with Crippen molar-refractivity contribution in [1.29, 1.82) is 0 Å². The van der Waals surface area contributed by atoms with Crippen LogP contribution in [0.25, 0.3) is 0 Å². The molecule has 0 radical (unpaired) electrons. The van der Waals surface area contributed by atoms with Gasteiger partial charge < -0.3 is 5.11 Å². The van der Waals surface area contributed by atoms with Crippen LogP contribution in [0, 0.1) is 0 Å². The van der Waals surface area contributed by atoms with E-state index in [1.54, 1.807) is 32.0 Å². The number of benzene rings is 1. The van der Waals surface area contributed by atoms with E-state index in [-0.39, 0.29) is 4.90 Å². The number of rotatable bonds is 3. The molecular weight excluding hydrogens is 236 g/mol. The maximum Gasteiger partial charge on any atom is 0.175 e. The van der Waals surface area contributed by atoms with Gasteiger partial charge in [0.1, 0.15) is 0 Å². The Morgan fingerprint density at radius 1 is 1.24 bits per heavy atom. The third-order valence-corrected chi connectivity index (χ3v) is 3.88. The van der Waals surface area contributed by atoms with E-state index >= 15 is 0 Å². The van der Waals surface area contributed by atoms with Crippen LogP contribution in [0.1, 0.15) is 44.7 Å². The third kappa shape index (κ3) is 3.30. The van der Waals surface area contributed by atoms with Crippen molar-refractivity contribution in [3.05, 3.63) is 29.3 Å². The van der Waals surface area contributed by atoms with Gasteiger partial charge >= 0.3 is 0 Å². The van der Waals surface area contributed by atoms with Crippen LogP contribution in [0.4, 0.5) is 0 Å². The van der Waals surface area contributed by atoms with Crippen molar-refractivity contribution in [2.24, 2.45) is 0 Å². The highest BCUT2D eigenvalue weighted by molar-refractivity contribution is 7.90. The molecule has 0 fully saturated rings. The molecule has 1 N–H and O–H groups in total. The van der Waals surface area contributed by atoms with Crippen LogP contribution >= 0.6 is 0 Å². The zero-order chi connectivity index (χ0) is 13.4. The van der Waals surface area contributed by atoms with Crippen LogP contribution in [0.15, 0.2) is 23.1 Å². The number of sulfone groups is 1. The first kappa shape index (κ1) is 14.2. The highest BCUT2D eigenvalue weighted by Crippen LogP contribution is 2.30. The minimum atomic E-state index is -3.32. The number of hydrogen-bond donors (Lipinski definition) is 1. The van der Waals surface area contributed by atoms with Crippen molar-refractivity contribution in [3.63, 3.8) is 0 Å². The highest BCUT2D eigenvalue weighted by Gasteiger charge is 2.25. The minimum Gasteiger partial charge on any atom is -0.386 e. The molecule has 0 spiro atoms. The molecule has 0 unspecified atom stereocenters. The number of hydrogen-bond acceptors (Lipinski definition) is 3. The van der Waals surface area contributed by atoms with Crippen molar-refractivity contribution in [3.8, 4) is 0 Å². The lowest BCUT2D eigenvalue weighted by atomic mass is 9.93. The SMILES string of the molecule is CC(C)c1ccc(S(C)(=O)=O)c(C(C)(C)O)c1. The molecule has 0 aromatic heterocycles. The van der Waals surface area contributed by atoms with Crippen LogP contribution in [-0.4, -0.2) is 19.8 Å².